The molecule has 0 radical (unpaired) electrons. The van der Waals surface area contributed by atoms with Crippen molar-refractivity contribution in [3.63, 3.8) is 0 Å². The summed E-state index contributed by atoms with van der Waals surface area (Å²) in [5, 5.41) is 12.1. The van der Waals surface area contributed by atoms with Crippen LogP contribution >= 0.6 is 0 Å². The maximum atomic E-state index is 12.5. The molecule has 2 fully saturated rings. The number of aliphatic carboxylic acids is 1. The van der Waals surface area contributed by atoms with Crippen LogP contribution in [0.1, 0.15) is 44.1 Å². The van der Waals surface area contributed by atoms with Crippen LogP contribution in [0.5, 0.6) is 0 Å². The van der Waals surface area contributed by atoms with Crippen molar-refractivity contribution < 1.29 is 19.4 Å². The van der Waals surface area contributed by atoms with E-state index in [9.17, 15) is 9.59 Å². The molecule has 1 aromatic rings. The number of carboxylic acid groups (broad SMARTS) is 1. The van der Waals surface area contributed by atoms with Crippen molar-refractivity contribution in [1.29, 1.82) is 0 Å². The van der Waals surface area contributed by atoms with E-state index in [-0.39, 0.29) is 11.4 Å². The number of carbonyl (C=O) groups excluding carboxylic acids is 1. The van der Waals surface area contributed by atoms with Crippen LogP contribution in [0.2, 0.25) is 0 Å². The van der Waals surface area contributed by atoms with E-state index < -0.39 is 18.2 Å². The predicted octanol–water partition coefficient (Wildman–Crippen LogP) is 2.20. The normalized spacial score (nSPS) is 26.7. The first kappa shape index (κ1) is 15.0. The molecule has 118 valence electrons. The van der Waals surface area contributed by atoms with Crippen molar-refractivity contribution >= 4 is 11.9 Å². The molecule has 5 heteroatoms. The first-order valence-electron chi connectivity index (χ1n) is 7.86. The smallest absolute Gasteiger partial charge is 0.332 e. The number of amides is 1. The van der Waals surface area contributed by atoms with Crippen molar-refractivity contribution in [2.75, 3.05) is 0 Å². The molecule has 0 spiro atoms. The Hall–Kier alpha value is -1.88. The van der Waals surface area contributed by atoms with Gasteiger partial charge in [-0.25, -0.2) is 4.79 Å². The van der Waals surface area contributed by atoms with E-state index in [2.05, 4.69) is 5.32 Å². The number of nitrogens with one attached hydrogen (secondary N) is 1. The third-order valence-corrected chi connectivity index (χ3v) is 4.73. The summed E-state index contributed by atoms with van der Waals surface area (Å²) < 4.78 is 5.36. The van der Waals surface area contributed by atoms with Crippen LogP contribution in [0.25, 0.3) is 0 Å². The van der Waals surface area contributed by atoms with E-state index in [1.54, 1.807) is 0 Å². The highest BCUT2D eigenvalue weighted by molar-refractivity contribution is 5.83. The van der Waals surface area contributed by atoms with Crippen LogP contribution < -0.4 is 5.32 Å². The Morgan fingerprint density at radius 1 is 1.09 bits per heavy atom. The second kappa shape index (κ2) is 6.08. The standard InChI is InChI=1S/C17H21NO4/c19-15(13-8-9-14(22-13)16(20)21)18-17(10-4-5-11-17)12-6-2-1-3-7-12/h1-3,6-7,13-14H,4-5,8-11H2,(H,18,19)(H,20,21)/t13-,14+/m0/s1. The Morgan fingerprint density at radius 2 is 1.73 bits per heavy atom. The van der Waals surface area contributed by atoms with Crippen molar-refractivity contribution in [2.24, 2.45) is 0 Å². The summed E-state index contributed by atoms with van der Waals surface area (Å²) in [6.07, 6.45) is 3.35. The fourth-order valence-electron chi connectivity index (χ4n) is 3.55. The van der Waals surface area contributed by atoms with Crippen LogP contribution in [-0.4, -0.2) is 29.2 Å². The van der Waals surface area contributed by atoms with E-state index in [4.69, 9.17) is 9.84 Å². The molecular formula is C17H21NO4. The molecule has 22 heavy (non-hydrogen) atoms. The number of carbonyl (C=O) groups is 2. The lowest BCUT2D eigenvalue weighted by Gasteiger charge is -2.32. The van der Waals surface area contributed by atoms with E-state index in [1.807, 2.05) is 30.3 Å². The van der Waals surface area contributed by atoms with Gasteiger partial charge in [-0.1, -0.05) is 43.2 Å². The molecular weight excluding hydrogens is 282 g/mol. The minimum absolute atomic E-state index is 0.186. The Kier molecular flexibility index (Phi) is 4.16. The Bertz CT molecular complexity index is 551. The van der Waals surface area contributed by atoms with Crippen molar-refractivity contribution in [3.8, 4) is 0 Å². The van der Waals surface area contributed by atoms with E-state index in [1.165, 1.54) is 0 Å². The van der Waals surface area contributed by atoms with Gasteiger partial charge >= 0.3 is 5.97 Å². The van der Waals surface area contributed by atoms with Gasteiger partial charge in [0.25, 0.3) is 0 Å². The molecule has 0 bridgehead atoms. The lowest BCUT2D eigenvalue weighted by molar-refractivity contribution is -0.152. The van der Waals surface area contributed by atoms with Crippen molar-refractivity contribution in [1.82, 2.24) is 5.32 Å². The summed E-state index contributed by atoms with van der Waals surface area (Å²) >= 11 is 0. The zero-order valence-corrected chi connectivity index (χ0v) is 12.5. The summed E-state index contributed by atoms with van der Waals surface area (Å²) in [6.45, 7) is 0. The monoisotopic (exact) mass is 303 g/mol. The second-order valence-electron chi connectivity index (χ2n) is 6.17. The Balaban J connectivity index is 1.72. The third kappa shape index (κ3) is 2.86. The molecule has 1 saturated heterocycles. The minimum Gasteiger partial charge on any atom is -0.479 e. The highest BCUT2D eigenvalue weighted by Gasteiger charge is 2.41. The summed E-state index contributed by atoms with van der Waals surface area (Å²) in [6, 6.07) is 10.0. The average Bonchev–Trinajstić information content (AvgIpc) is 3.18. The SMILES string of the molecule is O=C(NC1(c2ccccc2)CCCC1)[C@@H]1CC[C@H](C(=O)O)O1. The van der Waals surface area contributed by atoms with Crippen molar-refractivity contribution in [3.05, 3.63) is 35.9 Å². The molecule has 0 unspecified atom stereocenters. The minimum atomic E-state index is -0.992. The van der Waals surface area contributed by atoms with Gasteiger partial charge in [0.2, 0.25) is 5.91 Å². The van der Waals surface area contributed by atoms with Gasteiger partial charge in [0.15, 0.2) is 6.10 Å². The molecule has 2 N–H and O–H groups in total. The van der Waals surface area contributed by atoms with E-state index in [0.717, 1.165) is 31.2 Å². The van der Waals surface area contributed by atoms with E-state index in [0.29, 0.717) is 12.8 Å². The number of ether oxygens (including phenoxy) is 1. The molecule has 1 amide bonds. The Morgan fingerprint density at radius 3 is 2.32 bits per heavy atom. The van der Waals surface area contributed by atoms with Gasteiger partial charge in [-0.05, 0) is 31.2 Å². The number of rotatable bonds is 4. The fourth-order valence-corrected chi connectivity index (χ4v) is 3.55. The van der Waals surface area contributed by atoms with Gasteiger partial charge in [-0.2, -0.15) is 0 Å². The zero-order chi connectivity index (χ0) is 15.6. The molecule has 1 aliphatic heterocycles. The molecule has 1 saturated carbocycles. The molecule has 1 heterocycles. The number of carboxylic acids is 1. The lowest BCUT2D eigenvalue weighted by atomic mass is 9.88. The molecule has 1 aliphatic carbocycles. The van der Waals surface area contributed by atoms with Gasteiger partial charge in [-0.3, -0.25) is 4.79 Å². The van der Waals surface area contributed by atoms with Crippen LogP contribution in [0.15, 0.2) is 30.3 Å². The van der Waals surface area contributed by atoms with Gasteiger partial charge in [0.05, 0.1) is 5.54 Å². The molecule has 2 atom stereocenters. The largest absolute Gasteiger partial charge is 0.479 e. The topological polar surface area (TPSA) is 75.6 Å². The van der Waals surface area contributed by atoms with E-state index >= 15 is 0 Å². The van der Waals surface area contributed by atoms with Crippen molar-refractivity contribution in [2.45, 2.75) is 56.3 Å². The summed E-state index contributed by atoms with van der Waals surface area (Å²) in [5.41, 5.74) is 0.789. The fraction of sp³-hybridized carbons (Fsp3) is 0.529. The summed E-state index contributed by atoms with van der Waals surface area (Å²) in [7, 11) is 0. The third-order valence-electron chi connectivity index (χ3n) is 4.73. The predicted molar refractivity (Wildman–Crippen MR) is 80.3 cm³/mol. The van der Waals surface area contributed by atoms with Crippen LogP contribution in [0.4, 0.5) is 0 Å². The molecule has 2 aliphatic rings. The highest BCUT2D eigenvalue weighted by atomic mass is 16.5. The molecule has 3 rings (SSSR count). The maximum absolute atomic E-state index is 12.5. The maximum Gasteiger partial charge on any atom is 0.332 e. The summed E-state index contributed by atoms with van der Waals surface area (Å²) in [5.74, 6) is -1.18. The Labute approximate surface area is 129 Å². The molecule has 0 aromatic heterocycles. The first-order valence-corrected chi connectivity index (χ1v) is 7.86. The summed E-state index contributed by atoms with van der Waals surface area (Å²) in [4.78, 5) is 23.5. The average molecular weight is 303 g/mol. The van der Waals surface area contributed by atoms with Gasteiger partial charge < -0.3 is 15.2 Å². The molecule has 1 aromatic carbocycles. The second-order valence-corrected chi connectivity index (χ2v) is 6.17. The number of hydrogen-bond acceptors (Lipinski definition) is 3. The molecule has 5 nitrogen and oxygen atoms in total. The van der Waals surface area contributed by atoms with Crippen LogP contribution in [-0.2, 0) is 19.9 Å². The number of hydrogen-bond donors (Lipinski definition) is 2. The van der Waals surface area contributed by atoms with Crippen LogP contribution in [0.3, 0.4) is 0 Å². The lowest BCUT2D eigenvalue weighted by Crippen LogP contribution is -2.48. The zero-order valence-electron chi connectivity index (χ0n) is 12.5. The van der Waals surface area contributed by atoms with Crippen LogP contribution in [0, 0.1) is 0 Å². The van der Waals surface area contributed by atoms with Gasteiger partial charge in [0.1, 0.15) is 6.10 Å². The first-order chi connectivity index (χ1) is 10.6. The van der Waals surface area contributed by atoms with Gasteiger partial charge in [0, 0.05) is 0 Å². The quantitative estimate of drug-likeness (QED) is 0.894. The number of benzene rings is 1. The highest BCUT2D eigenvalue weighted by Crippen LogP contribution is 2.39. The van der Waals surface area contributed by atoms with Gasteiger partial charge in [-0.15, -0.1) is 0 Å².